The second-order valence-corrected chi connectivity index (χ2v) is 5.11. The molecule has 0 aromatic carbocycles. The first-order chi connectivity index (χ1) is 8.33. The van der Waals surface area contributed by atoms with Gasteiger partial charge in [0.2, 0.25) is 5.91 Å². The highest BCUT2D eigenvalue weighted by Crippen LogP contribution is 2.14. The van der Waals surface area contributed by atoms with Crippen molar-refractivity contribution >= 4 is 11.7 Å². The number of nitriles is 1. The van der Waals surface area contributed by atoms with E-state index in [9.17, 15) is 4.79 Å². The first-order valence-corrected chi connectivity index (χ1v) is 5.74. The summed E-state index contributed by atoms with van der Waals surface area (Å²) in [6.07, 6.45) is 1.61. The maximum Gasteiger partial charge on any atom is 0.239 e. The second kappa shape index (κ2) is 5.50. The molecule has 2 N–H and O–H groups in total. The summed E-state index contributed by atoms with van der Waals surface area (Å²) in [6.45, 7) is 7.67. The number of nitrogens with zero attached hydrogens (tertiary/aromatic N) is 2. The number of aromatic nitrogens is 1. The van der Waals surface area contributed by atoms with Crippen LogP contribution in [-0.4, -0.2) is 23.0 Å². The molecule has 0 saturated heterocycles. The molecule has 0 atom stereocenters. The summed E-state index contributed by atoms with van der Waals surface area (Å²) in [5.41, 5.74) is 1.05. The number of nitrogens with one attached hydrogen (secondary N) is 2. The van der Waals surface area contributed by atoms with E-state index in [-0.39, 0.29) is 18.0 Å². The standard InChI is InChI=1S/C13H18N4O/c1-9-5-6-15-12(10(9)7-14)16-8-11(18)17-13(2,3)4/h5-6H,8H2,1-4H3,(H,15,16)(H,17,18). The van der Waals surface area contributed by atoms with Gasteiger partial charge in [0.05, 0.1) is 12.1 Å². The fraction of sp³-hybridized carbons (Fsp3) is 0.462. The summed E-state index contributed by atoms with van der Waals surface area (Å²) in [5.74, 6) is 0.316. The normalized spacial score (nSPS) is 10.6. The summed E-state index contributed by atoms with van der Waals surface area (Å²) in [6, 6.07) is 3.84. The molecule has 1 rings (SSSR count). The van der Waals surface area contributed by atoms with Crippen molar-refractivity contribution in [2.75, 3.05) is 11.9 Å². The number of anilines is 1. The monoisotopic (exact) mass is 246 g/mol. The first kappa shape index (κ1) is 14.0. The molecular formula is C13H18N4O. The SMILES string of the molecule is Cc1ccnc(NCC(=O)NC(C)(C)C)c1C#N. The highest BCUT2D eigenvalue weighted by molar-refractivity contribution is 5.81. The van der Waals surface area contributed by atoms with Crippen molar-refractivity contribution in [1.82, 2.24) is 10.3 Å². The third-order valence-electron chi connectivity index (χ3n) is 2.20. The zero-order chi connectivity index (χ0) is 13.8. The fourth-order valence-electron chi connectivity index (χ4n) is 1.46. The minimum atomic E-state index is -0.267. The van der Waals surface area contributed by atoms with E-state index in [1.165, 1.54) is 0 Å². The van der Waals surface area contributed by atoms with E-state index in [2.05, 4.69) is 21.7 Å². The molecule has 18 heavy (non-hydrogen) atoms. The quantitative estimate of drug-likeness (QED) is 0.849. The average molecular weight is 246 g/mol. The zero-order valence-corrected chi connectivity index (χ0v) is 11.2. The molecule has 1 aromatic rings. The molecule has 0 aliphatic carbocycles. The topological polar surface area (TPSA) is 77.8 Å². The molecule has 1 aromatic heterocycles. The molecule has 0 radical (unpaired) electrons. The van der Waals surface area contributed by atoms with Crippen LogP contribution in [0.15, 0.2) is 12.3 Å². The Balaban J connectivity index is 2.68. The lowest BCUT2D eigenvalue weighted by molar-refractivity contribution is -0.120. The van der Waals surface area contributed by atoms with Crippen LogP contribution in [0.5, 0.6) is 0 Å². The lowest BCUT2D eigenvalue weighted by atomic mass is 10.1. The average Bonchev–Trinajstić information content (AvgIpc) is 2.24. The molecule has 5 nitrogen and oxygen atoms in total. The number of rotatable bonds is 3. The van der Waals surface area contributed by atoms with Crippen LogP contribution < -0.4 is 10.6 Å². The van der Waals surface area contributed by atoms with Crippen LogP contribution in [0.25, 0.3) is 0 Å². The summed E-state index contributed by atoms with van der Waals surface area (Å²) in [7, 11) is 0. The van der Waals surface area contributed by atoms with Gasteiger partial charge in [-0.25, -0.2) is 4.98 Å². The summed E-state index contributed by atoms with van der Waals surface area (Å²) in [4.78, 5) is 15.7. The van der Waals surface area contributed by atoms with Gasteiger partial charge in [0.15, 0.2) is 0 Å². The molecular weight excluding hydrogens is 228 g/mol. The maximum absolute atomic E-state index is 11.6. The van der Waals surface area contributed by atoms with Gasteiger partial charge in [-0.1, -0.05) is 0 Å². The number of pyridine rings is 1. The molecule has 1 heterocycles. The molecule has 96 valence electrons. The van der Waals surface area contributed by atoms with Crippen LogP contribution in [0.2, 0.25) is 0 Å². The maximum atomic E-state index is 11.6. The molecule has 0 aliphatic rings. The number of aryl methyl sites for hydroxylation is 1. The van der Waals surface area contributed by atoms with Gasteiger partial charge in [-0.2, -0.15) is 5.26 Å². The van der Waals surface area contributed by atoms with Crippen molar-refractivity contribution in [2.24, 2.45) is 0 Å². The zero-order valence-electron chi connectivity index (χ0n) is 11.2. The van der Waals surface area contributed by atoms with Crippen molar-refractivity contribution in [1.29, 1.82) is 5.26 Å². The Kier molecular flexibility index (Phi) is 4.27. The van der Waals surface area contributed by atoms with Gasteiger partial charge in [-0.15, -0.1) is 0 Å². The minimum absolute atomic E-state index is 0.0996. The molecule has 0 fully saturated rings. The van der Waals surface area contributed by atoms with Gasteiger partial charge in [-0.3, -0.25) is 4.79 Å². The predicted octanol–water partition coefficient (Wildman–Crippen LogP) is 1.59. The third kappa shape index (κ3) is 4.06. The lowest BCUT2D eigenvalue weighted by Gasteiger charge is -2.20. The largest absolute Gasteiger partial charge is 0.360 e. The Morgan fingerprint density at radius 3 is 2.72 bits per heavy atom. The Morgan fingerprint density at radius 1 is 1.50 bits per heavy atom. The number of carbonyl (C=O) groups excluding carboxylic acids is 1. The fourth-order valence-corrected chi connectivity index (χ4v) is 1.46. The smallest absolute Gasteiger partial charge is 0.239 e. The number of hydrogen-bond donors (Lipinski definition) is 2. The van der Waals surface area contributed by atoms with Gasteiger partial charge >= 0.3 is 0 Å². The Hall–Kier alpha value is -2.09. The Bertz CT molecular complexity index is 483. The Labute approximate surface area is 107 Å². The van der Waals surface area contributed by atoms with Crippen molar-refractivity contribution in [3.8, 4) is 6.07 Å². The minimum Gasteiger partial charge on any atom is -0.360 e. The van der Waals surface area contributed by atoms with Crippen molar-refractivity contribution in [3.05, 3.63) is 23.4 Å². The van der Waals surface area contributed by atoms with Crippen molar-refractivity contribution in [2.45, 2.75) is 33.2 Å². The van der Waals surface area contributed by atoms with E-state index in [1.807, 2.05) is 27.7 Å². The molecule has 0 aliphatic heterocycles. The summed E-state index contributed by atoms with van der Waals surface area (Å²) in [5, 5.41) is 14.7. The third-order valence-corrected chi connectivity index (χ3v) is 2.20. The van der Waals surface area contributed by atoms with E-state index in [0.29, 0.717) is 11.4 Å². The first-order valence-electron chi connectivity index (χ1n) is 5.74. The summed E-state index contributed by atoms with van der Waals surface area (Å²) >= 11 is 0. The van der Waals surface area contributed by atoms with Crippen LogP contribution in [0, 0.1) is 18.3 Å². The van der Waals surface area contributed by atoms with Gasteiger partial charge in [0.25, 0.3) is 0 Å². The van der Waals surface area contributed by atoms with Crippen LogP contribution in [0.3, 0.4) is 0 Å². The highest BCUT2D eigenvalue weighted by atomic mass is 16.2. The molecule has 1 amide bonds. The number of carbonyl (C=O) groups is 1. The number of amides is 1. The number of hydrogen-bond acceptors (Lipinski definition) is 4. The lowest BCUT2D eigenvalue weighted by Crippen LogP contribution is -2.43. The van der Waals surface area contributed by atoms with Gasteiger partial charge < -0.3 is 10.6 Å². The highest BCUT2D eigenvalue weighted by Gasteiger charge is 2.14. The van der Waals surface area contributed by atoms with Crippen LogP contribution in [-0.2, 0) is 4.79 Å². The molecule has 0 spiro atoms. The second-order valence-electron chi connectivity index (χ2n) is 5.11. The van der Waals surface area contributed by atoms with Gasteiger partial charge in [0, 0.05) is 11.7 Å². The summed E-state index contributed by atoms with van der Waals surface area (Å²) < 4.78 is 0. The van der Waals surface area contributed by atoms with Gasteiger partial charge in [0.1, 0.15) is 11.9 Å². The van der Waals surface area contributed by atoms with Crippen molar-refractivity contribution < 1.29 is 4.79 Å². The Morgan fingerprint density at radius 2 is 2.17 bits per heavy atom. The van der Waals surface area contributed by atoms with E-state index < -0.39 is 0 Å². The van der Waals surface area contributed by atoms with E-state index in [1.54, 1.807) is 12.3 Å². The van der Waals surface area contributed by atoms with Crippen LogP contribution in [0.4, 0.5) is 5.82 Å². The van der Waals surface area contributed by atoms with Gasteiger partial charge in [-0.05, 0) is 39.3 Å². The molecule has 0 saturated carbocycles. The van der Waals surface area contributed by atoms with Crippen LogP contribution in [0.1, 0.15) is 31.9 Å². The van der Waals surface area contributed by atoms with Crippen LogP contribution >= 0.6 is 0 Å². The van der Waals surface area contributed by atoms with E-state index in [0.717, 1.165) is 5.56 Å². The molecule has 0 bridgehead atoms. The molecule has 0 unspecified atom stereocenters. The molecule has 5 heteroatoms. The van der Waals surface area contributed by atoms with E-state index in [4.69, 9.17) is 5.26 Å². The predicted molar refractivity (Wildman–Crippen MR) is 70.1 cm³/mol. The van der Waals surface area contributed by atoms with E-state index >= 15 is 0 Å². The van der Waals surface area contributed by atoms with Crippen molar-refractivity contribution in [3.63, 3.8) is 0 Å².